The number of hydrogen-bond donors (Lipinski definition) is 1. The van der Waals surface area contributed by atoms with Crippen LogP contribution in [-0.2, 0) is 6.42 Å². The fraction of sp³-hybridized carbons (Fsp3) is 0.400. The highest BCUT2D eigenvalue weighted by Crippen LogP contribution is 2.25. The summed E-state index contributed by atoms with van der Waals surface area (Å²) in [7, 11) is 0. The van der Waals surface area contributed by atoms with Crippen LogP contribution in [0, 0.1) is 0 Å². The Balaban J connectivity index is 2.92. The maximum Gasteiger partial charge on any atom is 0.387 e. The number of aliphatic hydroxyl groups is 1. The van der Waals surface area contributed by atoms with Crippen LogP contribution in [0.3, 0.4) is 0 Å². The Labute approximate surface area is 91.4 Å². The summed E-state index contributed by atoms with van der Waals surface area (Å²) in [6, 6.07) is 4.34. The highest BCUT2D eigenvalue weighted by atomic mass is 35.5. The number of halogens is 3. The minimum atomic E-state index is -2.88. The van der Waals surface area contributed by atoms with Gasteiger partial charge >= 0.3 is 6.61 Å². The average Bonchev–Trinajstić information content (AvgIpc) is 2.08. The zero-order valence-electron chi connectivity index (χ0n) is 8.08. The molecule has 0 spiro atoms. The monoisotopic (exact) mass is 236 g/mol. The van der Waals surface area contributed by atoms with Gasteiger partial charge in [0.2, 0.25) is 0 Å². The first-order chi connectivity index (χ1) is 6.99. The molecule has 84 valence electrons. The van der Waals surface area contributed by atoms with E-state index in [0.717, 1.165) is 0 Å². The molecule has 0 bridgehead atoms. The number of ether oxygens (including phenoxy) is 1. The Morgan fingerprint density at radius 2 is 2.13 bits per heavy atom. The first-order valence-corrected chi connectivity index (χ1v) is 4.78. The molecule has 1 N–H and O–H groups in total. The summed E-state index contributed by atoms with van der Waals surface area (Å²) >= 11 is 5.71. The van der Waals surface area contributed by atoms with Crippen LogP contribution in [0.15, 0.2) is 18.2 Å². The number of hydrogen-bond acceptors (Lipinski definition) is 2. The van der Waals surface area contributed by atoms with Crippen LogP contribution in [0.1, 0.15) is 12.5 Å². The molecule has 5 heteroatoms. The quantitative estimate of drug-likeness (QED) is 0.871. The van der Waals surface area contributed by atoms with E-state index >= 15 is 0 Å². The zero-order valence-corrected chi connectivity index (χ0v) is 8.84. The second-order valence-corrected chi connectivity index (χ2v) is 3.62. The molecule has 0 saturated carbocycles. The molecule has 0 aromatic heterocycles. The Morgan fingerprint density at radius 1 is 1.47 bits per heavy atom. The van der Waals surface area contributed by atoms with Crippen LogP contribution in [0.25, 0.3) is 0 Å². The number of alkyl halides is 2. The highest BCUT2D eigenvalue weighted by molar-refractivity contribution is 6.30. The SMILES string of the molecule is CC(O)Cc1cc(Cl)ccc1OC(F)F. The van der Waals surface area contributed by atoms with Crippen molar-refractivity contribution >= 4 is 11.6 Å². The zero-order chi connectivity index (χ0) is 11.4. The normalized spacial score (nSPS) is 12.9. The van der Waals surface area contributed by atoms with Crippen molar-refractivity contribution in [3.05, 3.63) is 28.8 Å². The second kappa shape index (κ2) is 5.28. The van der Waals surface area contributed by atoms with Gasteiger partial charge in [0.25, 0.3) is 0 Å². The van der Waals surface area contributed by atoms with Gasteiger partial charge in [-0.3, -0.25) is 0 Å². The van der Waals surface area contributed by atoms with Crippen molar-refractivity contribution in [3.63, 3.8) is 0 Å². The van der Waals surface area contributed by atoms with Crippen LogP contribution < -0.4 is 4.74 Å². The van der Waals surface area contributed by atoms with E-state index in [9.17, 15) is 8.78 Å². The molecule has 1 unspecified atom stereocenters. The van der Waals surface area contributed by atoms with Crippen molar-refractivity contribution in [2.75, 3.05) is 0 Å². The predicted octanol–water partition coefficient (Wildman–Crippen LogP) is 2.86. The lowest BCUT2D eigenvalue weighted by molar-refractivity contribution is -0.0506. The summed E-state index contributed by atoms with van der Waals surface area (Å²) < 4.78 is 28.3. The molecule has 15 heavy (non-hydrogen) atoms. The van der Waals surface area contributed by atoms with Gasteiger partial charge in [0.15, 0.2) is 0 Å². The second-order valence-electron chi connectivity index (χ2n) is 3.18. The molecule has 2 nitrogen and oxygen atoms in total. The van der Waals surface area contributed by atoms with E-state index in [4.69, 9.17) is 16.7 Å². The van der Waals surface area contributed by atoms with E-state index in [1.807, 2.05) is 0 Å². The Bertz CT molecular complexity index is 329. The van der Waals surface area contributed by atoms with E-state index in [0.29, 0.717) is 10.6 Å². The van der Waals surface area contributed by atoms with Crippen molar-refractivity contribution in [1.29, 1.82) is 0 Å². The molecule has 0 amide bonds. The topological polar surface area (TPSA) is 29.5 Å². The maximum atomic E-state index is 12.0. The first kappa shape index (κ1) is 12.2. The third-order valence-electron chi connectivity index (χ3n) is 1.75. The van der Waals surface area contributed by atoms with Crippen molar-refractivity contribution < 1.29 is 18.6 Å². The third-order valence-corrected chi connectivity index (χ3v) is 1.99. The van der Waals surface area contributed by atoms with Gasteiger partial charge < -0.3 is 9.84 Å². The molecule has 1 aromatic rings. The van der Waals surface area contributed by atoms with Crippen molar-refractivity contribution in [2.45, 2.75) is 26.1 Å². The smallest absolute Gasteiger partial charge is 0.387 e. The summed E-state index contributed by atoms with van der Waals surface area (Å²) in [5.74, 6) is 0.0512. The van der Waals surface area contributed by atoms with E-state index < -0.39 is 12.7 Å². The number of rotatable bonds is 4. The van der Waals surface area contributed by atoms with Gasteiger partial charge in [-0.25, -0.2) is 0 Å². The lowest BCUT2D eigenvalue weighted by Crippen LogP contribution is -2.09. The molecule has 0 saturated heterocycles. The van der Waals surface area contributed by atoms with Crippen LogP contribution >= 0.6 is 11.6 Å². The van der Waals surface area contributed by atoms with Crippen LogP contribution in [0.4, 0.5) is 8.78 Å². The van der Waals surface area contributed by atoms with Crippen molar-refractivity contribution in [1.82, 2.24) is 0 Å². The van der Waals surface area contributed by atoms with Gasteiger partial charge in [-0.2, -0.15) is 8.78 Å². The molecule has 1 aromatic carbocycles. The summed E-state index contributed by atoms with van der Waals surface area (Å²) in [6.45, 7) is -1.31. The van der Waals surface area contributed by atoms with E-state index in [1.54, 1.807) is 6.92 Å². The number of benzene rings is 1. The predicted molar refractivity (Wildman–Crippen MR) is 53.5 cm³/mol. The van der Waals surface area contributed by atoms with E-state index in [2.05, 4.69) is 4.74 Å². The lowest BCUT2D eigenvalue weighted by Gasteiger charge is -2.12. The summed E-state index contributed by atoms with van der Waals surface area (Å²) in [4.78, 5) is 0. The van der Waals surface area contributed by atoms with Gasteiger partial charge in [0.05, 0.1) is 6.10 Å². The highest BCUT2D eigenvalue weighted by Gasteiger charge is 2.11. The Kier molecular flexibility index (Phi) is 4.29. The minimum Gasteiger partial charge on any atom is -0.435 e. The molecule has 0 heterocycles. The fourth-order valence-corrected chi connectivity index (χ4v) is 1.43. The lowest BCUT2D eigenvalue weighted by atomic mass is 10.1. The van der Waals surface area contributed by atoms with Crippen LogP contribution in [0.2, 0.25) is 5.02 Å². The summed E-state index contributed by atoms with van der Waals surface area (Å²) in [5.41, 5.74) is 0.470. The van der Waals surface area contributed by atoms with Gasteiger partial charge in [-0.1, -0.05) is 11.6 Å². The van der Waals surface area contributed by atoms with Gasteiger partial charge in [0.1, 0.15) is 5.75 Å². The molecular weight excluding hydrogens is 226 g/mol. The molecule has 0 radical (unpaired) electrons. The Morgan fingerprint density at radius 3 is 2.67 bits per heavy atom. The molecule has 0 aliphatic rings. The minimum absolute atomic E-state index is 0.0512. The summed E-state index contributed by atoms with van der Waals surface area (Å²) in [6.07, 6.45) is -0.411. The standard InChI is InChI=1S/C10H11ClF2O2/c1-6(14)4-7-5-8(11)2-3-9(7)15-10(12)13/h2-3,5-6,10,14H,4H2,1H3. The fourth-order valence-electron chi connectivity index (χ4n) is 1.24. The van der Waals surface area contributed by atoms with Crippen molar-refractivity contribution in [3.8, 4) is 5.75 Å². The van der Waals surface area contributed by atoms with E-state index in [1.165, 1.54) is 18.2 Å². The maximum absolute atomic E-state index is 12.0. The molecule has 1 atom stereocenters. The first-order valence-electron chi connectivity index (χ1n) is 4.40. The average molecular weight is 237 g/mol. The largest absolute Gasteiger partial charge is 0.435 e. The van der Waals surface area contributed by atoms with Gasteiger partial charge in [-0.05, 0) is 30.7 Å². The van der Waals surface area contributed by atoms with Gasteiger partial charge in [-0.15, -0.1) is 0 Å². The molecule has 1 rings (SSSR count). The van der Waals surface area contributed by atoms with Crippen LogP contribution in [-0.4, -0.2) is 17.8 Å². The third kappa shape index (κ3) is 4.01. The van der Waals surface area contributed by atoms with Crippen LogP contribution in [0.5, 0.6) is 5.75 Å². The molecule has 0 aliphatic carbocycles. The van der Waals surface area contributed by atoms with Crippen molar-refractivity contribution in [2.24, 2.45) is 0 Å². The molecular formula is C10H11ClF2O2. The van der Waals surface area contributed by atoms with E-state index in [-0.39, 0.29) is 12.2 Å². The summed E-state index contributed by atoms with van der Waals surface area (Å²) in [5, 5.41) is 9.59. The van der Waals surface area contributed by atoms with Gasteiger partial charge in [0, 0.05) is 11.4 Å². The molecule has 0 fully saturated rings. The number of aliphatic hydroxyl groups excluding tert-OH is 1. The molecule has 0 aliphatic heterocycles. The Hall–Kier alpha value is -0.870.